The number of hydrogen-bond donors (Lipinski definition) is 0. The summed E-state index contributed by atoms with van der Waals surface area (Å²) in [7, 11) is 0. The first-order valence-electron chi connectivity index (χ1n) is 5.58. The van der Waals surface area contributed by atoms with Gasteiger partial charge < -0.3 is 9.47 Å². The topological polar surface area (TPSA) is 35.5 Å². The molecular formula is C13H18O3S. The van der Waals surface area contributed by atoms with Crippen LogP contribution >= 0.6 is 11.8 Å². The maximum absolute atomic E-state index is 11.3. The van der Waals surface area contributed by atoms with Crippen LogP contribution in [0.1, 0.15) is 24.2 Å². The van der Waals surface area contributed by atoms with E-state index in [-0.39, 0.29) is 5.78 Å². The Hall–Kier alpha value is -1.00. The Morgan fingerprint density at radius 1 is 1.35 bits per heavy atom. The van der Waals surface area contributed by atoms with Crippen molar-refractivity contribution in [1.29, 1.82) is 0 Å². The lowest BCUT2D eigenvalue weighted by Crippen LogP contribution is -2.07. The molecule has 0 radical (unpaired) electrons. The number of carbonyl (C=O) groups excluding carboxylic acids is 1. The van der Waals surface area contributed by atoms with E-state index in [1.54, 1.807) is 24.8 Å². The van der Waals surface area contributed by atoms with E-state index in [9.17, 15) is 4.79 Å². The molecule has 0 fully saturated rings. The summed E-state index contributed by atoms with van der Waals surface area (Å²) in [6.45, 7) is 5.33. The maximum Gasteiger partial charge on any atom is 0.159 e. The summed E-state index contributed by atoms with van der Waals surface area (Å²) in [5.41, 5.74) is 0.714. The van der Waals surface area contributed by atoms with Crippen LogP contribution in [0.5, 0.6) is 5.75 Å². The molecule has 0 heterocycles. The van der Waals surface area contributed by atoms with E-state index in [1.165, 1.54) is 0 Å². The van der Waals surface area contributed by atoms with Gasteiger partial charge in [0.25, 0.3) is 0 Å². The fourth-order valence-corrected chi connectivity index (χ4v) is 1.93. The molecule has 0 aliphatic rings. The molecule has 0 bridgehead atoms. The van der Waals surface area contributed by atoms with Crippen molar-refractivity contribution in [3.8, 4) is 5.75 Å². The highest BCUT2D eigenvalue weighted by Gasteiger charge is 2.06. The molecule has 3 nitrogen and oxygen atoms in total. The predicted octanol–water partition coefficient (Wildman–Crippen LogP) is 3.03. The Morgan fingerprint density at radius 2 is 2.12 bits per heavy atom. The summed E-state index contributed by atoms with van der Waals surface area (Å²) in [5, 5.41) is 0. The lowest BCUT2D eigenvalue weighted by atomic mass is 10.1. The van der Waals surface area contributed by atoms with Gasteiger partial charge in [0.05, 0.1) is 6.61 Å². The first-order chi connectivity index (χ1) is 8.19. The molecule has 0 spiro atoms. The van der Waals surface area contributed by atoms with Crippen LogP contribution in [0.15, 0.2) is 23.1 Å². The molecule has 0 atom stereocenters. The zero-order valence-electron chi connectivity index (χ0n) is 10.5. The molecule has 0 unspecified atom stereocenters. The van der Waals surface area contributed by atoms with Crippen LogP contribution in [0.25, 0.3) is 0 Å². The summed E-state index contributed by atoms with van der Waals surface area (Å²) in [4.78, 5) is 12.2. The molecule has 0 saturated carbocycles. The van der Waals surface area contributed by atoms with Crippen molar-refractivity contribution in [2.75, 3.05) is 26.1 Å². The third-order valence-corrected chi connectivity index (χ3v) is 3.02. The van der Waals surface area contributed by atoms with Crippen molar-refractivity contribution in [1.82, 2.24) is 0 Å². The van der Waals surface area contributed by atoms with Gasteiger partial charge in [0, 0.05) is 17.1 Å². The molecule has 0 aliphatic heterocycles. The van der Waals surface area contributed by atoms with E-state index in [0.29, 0.717) is 25.4 Å². The second-order valence-electron chi connectivity index (χ2n) is 3.47. The van der Waals surface area contributed by atoms with Gasteiger partial charge in [-0.1, -0.05) is 0 Å². The largest absolute Gasteiger partial charge is 0.490 e. The molecule has 0 N–H and O–H groups in total. The van der Waals surface area contributed by atoms with Crippen LogP contribution < -0.4 is 4.74 Å². The zero-order valence-corrected chi connectivity index (χ0v) is 11.3. The van der Waals surface area contributed by atoms with Crippen molar-refractivity contribution >= 4 is 17.5 Å². The van der Waals surface area contributed by atoms with Gasteiger partial charge in [-0.3, -0.25) is 4.79 Å². The Balaban J connectivity index is 2.68. The lowest BCUT2D eigenvalue weighted by Gasteiger charge is -2.10. The summed E-state index contributed by atoms with van der Waals surface area (Å²) in [5.74, 6) is 0.878. The Morgan fingerprint density at radius 3 is 2.71 bits per heavy atom. The first kappa shape index (κ1) is 14.1. The van der Waals surface area contributed by atoms with Crippen LogP contribution in [-0.2, 0) is 4.74 Å². The van der Waals surface area contributed by atoms with Crippen molar-refractivity contribution in [2.24, 2.45) is 0 Å². The lowest BCUT2D eigenvalue weighted by molar-refractivity contribution is 0.101. The van der Waals surface area contributed by atoms with E-state index in [1.807, 2.05) is 25.3 Å². The van der Waals surface area contributed by atoms with Crippen molar-refractivity contribution in [2.45, 2.75) is 18.7 Å². The average molecular weight is 254 g/mol. The predicted molar refractivity (Wildman–Crippen MR) is 70.2 cm³/mol. The first-order valence-corrected chi connectivity index (χ1v) is 6.81. The SMILES string of the molecule is CCOCCOc1ccc(C(C)=O)cc1SC. The van der Waals surface area contributed by atoms with Crippen molar-refractivity contribution < 1.29 is 14.3 Å². The van der Waals surface area contributed by atoms with E-state index < -0.39 is 0 Å². The third-order valence-electron chi connectivity index (χ3n) is 2.26. The highest BCUT2D eigenvalue weighted by atomic mass is 32.2. The van der Waals surface area contributed by atoms with Gasteiger partial charge in [-0.2, -0.15) is 0 Å². The van der Waals surface area contributed by atoms with Crippen LogP contribution in [0, 0.1) is 0 Å². The molecule has 0 aromatic heterocycles. The van der Waals surface area contributed by atoms with E-state index in [2.05, 4.69) is 0 Å². The normalized spacial score (nSPS) is 10.3. The van der Waals surface area contributed by atoms with E-state index in [0.717, 1.165) is 10.6 Å². The molecular weight excluding hydrogens is 236 g/mol. The van der Waals surface area contributed by atoms with Crippen LogP contribution in [0.3, 0.4) is 0 Å². The highest BCUT2D eigenvalue weighted by Crippen LogP contribution is 2.28. The smallest absolute Gasteiger partial charge is 0.159 e. The van der Waals surface area contributed by atoms with Crippen molar-refractivity contribution in [3.63, 3.8) is 0 Å². The van der Waals surface area contributed by atoms with Gasteiger partial charge in [0.15, 0.2) is 5.78 Å². The highest BCUT2D eigenvalue weighted by molar-refractivity contribution is 7.98. The van der Waals surface area contributed by atoms with Gasteiger partial charge in [-0.25, -0.2) is 0 Å². The Labute approximate surface area is 106 Å². The monoisotopic (exact) mass is 254 g/mol. The van der Waals surface area contributed by atoms with E-state index in [4.69, 9.17) is 9.47 Å². The molecule has 0 amide bonds. The number of ketones is 1. The van der Waals surface area contributed by atoms with Crippen LogP contribution in [0.2, 0.25) is 0 Å². The molecule has 0 aliphatic carbocycles. The average Bonchev–Trinajstić information content (AvgIpc) is 2.34. The quantitative estimate of drug-likeness (QED) is 0.425. The number of hydrogen-bond acceptors (Lipinski definition) is 4. The number of rotatable bonds is 7. The maximum atomic E-state index is 11.3. The minimum atomic E-state index is 0.0705. The Bertz CT molecular complexity index is 377. The Kier molecular flexibility index (Phi) is 6.08. The fourth-order valence-electron chi connectivity index (χ4n) is 1.36. The molecule has 0 saturated heterocycles. The number of Topliss-reactive ketones (excluding diaryl/α,β-unsaturated/α-hetero) is 1. The molecule has 1 rings (SSSR count). The summed E-state index contributed by atoms with van der Waals surface area (Å²) in [6, 6.07) is 5.50. The standard InChI is InChI=1S/C13H18O3S/c1-4-15-7-8-16-12-6-5-11(10(2)14)9-13(12)17-3/h5-6,9H,4,7-8H2,1-3H3. The van der Waals surface area contributed by atoms with Crippen molar-refractivity contribution in [3.05, 3.63) is 23.8 Å². The molecule has 1 aromatic rings. The van der Waals surface area contributed by atoms with Gasteiger partial charge in [0.1, 0.15) is 12.4 Å². The third kappa shape index (κ3) is 4.40. The fraction of sp³-hybridized carbons (Fsp3) is 0.462. The summed E-state index contributed by atoms with van der Waals surface area (Å²) >= 11 is 1.57. The zero-order chi connectivity index (χ0) is 12.7. The summed E-state index contributed by atoms with van der Waals surface area (Å²) in [6.07, 6.45) is 1.97. The van der Waals surface area contributed by atoms with Crippen LogP contribution in [-0.4, -0.2) is 31.9 Å². The van der Waals surface area contributed by atoms with Gasteiger partial charge in [0.2, 0.25) is 0 Å². The van der Waals surface area contributed by atoms with Crippen LogP contribution in [0.4, 0.5) is 0 Å². The molecule has 94 valence electrons. The second kappa shape index (κ2) is 7.35. The van der Waals surface area contributed by atoms with Gasteiger partial charge >= 0.3 is 0 Å². The minimum absolute atomic E-state index is 0.0705. The minimum Gasteiger partial charge on any atom is -0.490 e. The number of benzene rings is 1. The number of carbonyl (C=O) groups is 1. The van der Waals surface area contributed by atoms with Gasteiger partial charge in [-0.15, -0.1) is 11.8 Å². The second-order valence-corrected chi connectivity index (χ2v) is 4.32. The number of thioether (sulfide) groups is 1. The summed E-state index contributed by atoms with van der Waals surface area (Å²) < 4.78 is 10.8. The number of ether oxygens (including phenoxy) is 2. The van der Waals surface area contributed by atoms with Gasteiger partial charge in [-0.05, 0) is 38.3 Å². The molecule has 1 aromatic carbocycles. The van der Waals surface area contributed by atoms with E-state index >= 15 is 0 Å². The molecule has 4 heteroatoms. The molecule has 17 heavy (non-hydrogen) atoms.